The summed E-state index contributed by atoms with van der Waals surface area (Å²) in [5.41, 5.74) is 2.19. The van der Waals surface area contributed by atoms with Crippen LogP contribution in [0.1, 0.15) is 17.6 Å². The first-order valence-electron chi connectivity index (χ1n) is 9.82. The van der Waals surface area contributed by atoms with E-state index in [1.807, 2.05) is 48.7 Å². The molecule has 0 fully saturated rings. The van der Waals surface area contributed by atoms with E-state index in [-0.39, 0.29) is 5.56 Å². The van der Waals surface area contributed by atoms with Crippen molar-refractivity contribution in [2.24, 2.45) is 7.05 Å². The number of benzene rings is 2. The lowest BCUT2D eigenvalue weighted by atomic mass is 10.1. The quantitative estimate of drug-likeness (QED) is 0.454. The summed E-state index contributed by atoms with van der Waals surface area (Å²) in [6.07, 6.45) is 2.09. The average Bonchev–Trinajstić information content (AvgIpc) is 3.37. The van der Waals surface area contributed by atoms with Crippen molar-refractivity contribution in [3.05, 3.63) is 72.0 Å². The number of hydrogen-bond donors (Lipinski definition) is 0. The average molecular weight is 437 g/mol. The van der Waals surface area contributed by atoms with Crippen LogP contribution in [0.4, 0.5) is 5.69 Å². The summed E-state index contributed by atoms with van der Waals surface area (Å²) in [6, 6.07) is 12.3. The van der Waals surface area contributed by atoms with E-state index in [9.17, 15) is 4.79 Å². The molecule has 4 aromatic rings. The fourth-order valence-electron chi connectivity index (χ4n) is 3.82. The standard InChI is InChI=1S/C23H22N3O2S2/c1-5-26-19(12-18-24(3)14(2)13-29-18)30-21(22(26)27)23-25(4)20-16-9-7-6-8-15(16)10-11-17(20)28-23/h6-13H,5H2,1-4H3/q+1/b23-21+. The zero-order valence-corrected chi connectivity index (χ0v) is 18.9. The summed E-state index contributed by atoms with van der Waals surface area (Å²) in [5.74, 6) is 1.39. The van der Waals surface area contributed by atoms with Gasteiger partial charge in [-0.15, -0.1) is 11.3 Å². The minimum absolute atomic E-state index is 0.0105. The summed E-state index contributed by atoms with van der Waals surface area (Å²) in [4.78, 5) is 15.3. The molecule has 0 radical (unpaired) electrons. The predicted octanol–water partition coefficient (Wildman–Crippen LogP) is 2.70. The lowest BCUT2D eigenvalue weighted by Crippen LogP contribution is -2.35. The number of fused-ring (bicyclic) bond motifs is 3. The maximum atomic E-state index is 13.3. The van der Waals surface area contributed by atoms with Gasteiger partial charge in [0.25, 0.3) is 10.6 Å². The molecule has 1 aliphatic heterocycles. The molecule has 0 aliphatic carbocycles. The topological polar surface area (TPSA) is 38.4 Å². The number of anilines is 1. The summed E-state index contributed by atoms with van der Waals surface area (Å²) in [6.45, 7) is 4.70. The van der Waals surface area contributed by atoms with Crippen LogP contribution < -0.4 is 29.0 Å². The van der Waals surface area contributed by atoms with Crippen molar-refractivity contribution in [2.75, 3.05) is 11.9 Å². The molecule has 152 valence electrons. The molecule has 0 saturated carbocycles. The molecule has 2 aromatic carbocycles. The highest BCUT2D eigenvalue weighted by molar-refractivity contribution is 7.10. The minimum atomic E-state index is -0.0105. The Kier molecular flexibility index (Phi) is 4.52. The molecule has 0 bridgehead atoms. The lowest BCUT2D eigenvalue weighted by molar-refractivity contribution is -0.674. The molecular weight excluding hydrogens is 414 g/mol. The van der Waals surface area contributed by atoms with Gasteiger partial charge in [-0.05, 0) is 18.4 Å². The Balaban J connectivity index is 1.75. The van der Waals surface area contributed by atoms with Crippen molar-refractivity contribution in [3.63, 3.8) is 0 Å². The predicted molar refractivity (Wildman–Crippen MR) is 124 cm³/mol. The van der Waals surface area contributed by atoms with Crippen LogP contribution in [0, 0.1) is 6.92 Å². The third kappa shape index (κ3) is 2.80. The summed E-state index contributed by atoms with van der Waals surface area (Å²) < 4.78 is 11.7. The number of aryl methyl sites for hydroxylation is 1. The van der Waals surface area contributed by atoms with E-state index in [0.29, 0.717) is 17.0 Å². The molecular formula is C23H22N3O2S2+. The van der Waals surface area contributed by atoms with Crippen molar-refractivity contribution in [2.45, 2.75) is 20.4 Å². The maximum absolute atomic E-state index is 13.3. The number of thiazole rings is 2. The van der Waals surface area contributed by atoms with E-state index in [1.54, 1.807) is 11.3 Å². The number of ether oxygens (including phenoxy) is 1. The van der Waals surface area contributed by atoms with Gasteiger partial charge in [0.1, 0.15) is 11.7 Å². The zero-order chi connectivity index (χ0) is 21.0. The monoisotopic (exact) mass is 436 g/mol. The molecule has 5 nitrogen and oxygen atoms in total. The highest BCUT2D eigenvalue weighted by atomic mass is 32.1. The van der Waals surface area contributed by atoms with Crippen LogP contribution in [0.2, 0.25) is 0 Å². The molecule has 0 amide bonds. The number of nitrogens with zero attached hydrogens (tertiary/aromatic N) is 3. The Morgan fingerprint density at radius 3 is 2.73 bits per heavy atom. The van der Waals surface area contributed by atoms with Gasteiger partial charge in [0.05, 0.1) is 17.1 Å². The molecule has 1 aliphatic rings. The van der Waals surface area contributed by atoms with Crippen LogP contribution in [-0.2, 0) is 13.6 Å². The summed E-state index contributed by atoms with van der Waals surface area (Å²) >= 11 is 3.16. The van der Waals surface area contributed by atoms with Crippen molar-refractivity contribution >= 4 is 51.1 Å². The van der Waals surface area contributed by atoms with E-state index in [0.717, 1.165) is 31.9 Å². The van der Waals surface area contributed by atoms with E-state index in [1.165, 1.54) is 17.0 Å². The first kappa shape index (κ1) is 19.1. The fourth-order valence-corrected chi connectivity index (χ4v) is 5.99. The van der Waals surface area contributed by atoms with Gasteiger partial charge in [0, 0.05) is 25.9 Å². The Bertz CT molecular complexity index is 1480. The second-order valence-corrected chi connectivity index (χ2v) is 9.26. The molecule has 7 heteroatoms. The van der Waals surface area contributed by atoms with Gasteiger partial charge in [-0.25, -0.2) is 0 Å². The fraction of sp³-hybridized carbons (Fsp3) is 0.217. The van der Waals surface area contributed by atoms with Crippen LogP contribution in [0.5, 0.6) is 5.75 Å². The smallest absolute Gasteiger partial charge is 0.274 e. The number of rotatable bonds is 2. The van der Waals surface area contributed by atoms with Gasteiger partial charge in [0.2, 0.25) is 5.88 Å². The molecule has 0 saturated heterocycles. The molecule has 3 heterocycles. The number of aromatic nitrogens is 2. The second-order valence-electron chi connectivity index (χ2n) is 7.34. The Morgan fingerprint density at radius 1 is 1.20 bits per heavy atom. The summed E-state index contributed by atoms with van der Waals surface area (Å²) in [5, 5.41) is 5.51. The van der Waals surface area contributed by atoms with Gasteiger partial charge in [0.15, 0.2) is 16.0 Å². The highest BCUT2D eigenvalue weighted by Crippen LogP contribution is 2.43. The molecule has 0 N–H and O–H groups in total. The van der Waals surface area contributed by atoms with Crippen molar-refractivity contribution < 1.29 is 9.30 Å². The van der Waals surface area contributed by atoms with Gasteiger partial charge < -0.3 is 9.64 Å². The molecule has 0 atom stereocenters. The van der Waals surface area contributed by atoms with E-state index in [4.69, 9.17) is 4.74 Å². The van der Waals surface area contributed by atoms with Crippen LogP contribution in [-0.4, -0.2) is 11.6 Å². The Hall–Kier alpha value is -2.90. The molecule has 0 spiro atoms. The Morgan fingerprint density at radius 2 is 2.00 bits per heavy atom. The zero-order valence-electron chi connectivity index (χ0n) is 17.3. The van der Waals surface area contributed by atoms with Crippen LogP contribution in [0.15, 0.2) is 46.6 Å². The number of hydrogen-bond acceptors (Lipinski definition) is 5. The molecule has 5 rings (SSSR count). The van der Waals surface area contributed by atoms with Gasteiger partial charge in [-0.1, -0.05) is 41.7 Å². The van der Waals surface area contributed by atoms with Gasteiger partial charge in [-0.2, -0.15) is 4.57 Å². The molecule has 2 aromatic heterocycles. The first-order chi connectivity index (χ1) is 14.5. The van der Waals surface area contributed by atoms with E-state index >= 15 is 0 Å². The van der Waals surface area contributed by atoms with Crippen LogP contribution in [0.25, 0.3) is 22.7 Å². The Labute approximate surface area is 182 Å². The lowest BCUT2D eigenvalue weighted by Gasteiger charge is -2.12. The maximum Gasteiger partial charge on any atom is 0.274 e. The van der Waals surface area contributed by atoms with Crippen LogP contribution in [0.3, 0.4) is 0 Å². The van der Waals surface area contributed by atoms with Crippen molar-refractivity contribution in [3.8, 4) is 5.75 Å². The molecule has 0 unspecified atom stereocenters. The van der Waals surface area contributed by atoms with Gasteiger partial charge >= 0.3 is 0 Å². The third-order valence-corrected chi connectivity index (χ3v) is 7.78. The molecule has 30 heavy (non-hydrogen) atoms. The van der Waals surface area contributed by atoms with Crippen LogP contribution >= 0.6 is 22.7 Å². The minimum Gasteiger partial charge on any atom is -0.437 e. The van der Waals surface area contributed by atoms with Crippen molar-refractivity contribution in [1.29, 1.82) is 0 Å². The largest absolute Gasteiger partial charge is 0.437 e. The normalized spacial score (nSPS) is 15.7. The third-order valence-electron chi connectivity index (χ3n) is 5.59. The highest BCUT2D eigenvalue weighted by Gasteiger charge is 2.27. The van der Waals surface area contributed by atoms with E-state index < -0.39 is 0 Å². The summed E-state index contributed by atoms with van der Waals surface area (Å²) in [7, 11) is 4.01. The first-order valence-corrected chi connectivity index (χ1v) is 11.5. The second kappa shape index (κ2) is 7.11. The van der Waals surface area contributed by atoms with Gasteiger partial charge in [-0.3, -0.25) is 9.36 Å². The van der Waals surface area contributed by atoms with E-state index in [2.05, 4.69) is 41.1 Å². The van der Waals surface area contributed by atoms with Crippen molar-refractivity contribution in [1.82, 2.24) is 4.57 Å². The SMILES string of the molecule is CCn1c(=O)/c(=C2\Oc3ccc4ccccc4c3N2C)s/c1=C\c1scc(C)[n+]1C.